The fourth-order valence-corrected chi connectivity index (χ4v) is 9.31. The third kappa shape index (κ3) is 11.0. The second-order valence-electron chi connectivity index (χ2n) is 11.8. The average Bonchev–Trinajstić information content (AvgIpc) is 3.70. The van der Waals surface area contributed by atoms with E-state index in [0.29, 0.717) is 0 Å². The molecule has 2 aromatic heterocycles. The van der Waals surface area contributed by atoms with Gasteiger partial charge >= 0.3 is 12.2 Å². The maximum atomic E-state index is 13.5. The SMILES string of the molecule is Nc1ncnc2c1ncn2[C@@H]1O[C@H](COP(=O)([O-])OP(=O)([O-])OP(=O)([O-])Cc2ccccc2)C(OC(=O)Nc2ccc(F)cc2)[C@@H]1OC(=O)Nc1ccc(F)cc1. The minimum absolute atomic E-state index is 0.0176. The highest BCUT2D eigenvalue weighted by atomic mass is 31.3. The van der Waals surface area contributed by atoms with Gasteiger partial charge in [-0.1, -0.05) is 30.3 Å². The minimum atomic E-state index is -6.19. The van der Waals surface area contributed by atoms with Crippen molar-refractivity contribution in [3.8, 4) is 0 Å². The number of hydrogen-bond acceptors (Lipinski definition) is 18. The largest absolute Gasteiger partial charge is 0.778 e. The summed E-state index contributed by atoms with van der Waals surface area (Å²) in [6.45, 7) is -1.24. The van der Waals surface area contributed by atoms with Crippen molar-refractivity contribution >= 4 is 63.8 Å². The first-order valence-electron chi connectivity index (χ1n) is 16.0. The first-order chi connectivity index (χ1) is 27.0. The molecule has 0 aliphatic carbocycles. The molecule has 26 heteroatoms. The number of imidazole rings is 1. The molecule has 0 radical (unpaired) electrons. The molecule has 6 rings (SSSR count). The third-order valence-electron chi connectivity index (χ3n) is 7.65. The summed E-state index contributed by atoms with van der Waals surface area (Å²) in [7, 11) is -17.6. The summed E-state index contributed by atoms with van der Waals surface area (Å²) >= 11 is 0. The van der Waals surface area contributed by atoms with Crippen LogP contribution in [-0.4, -0.2) is 56.6 Å². The Labute approximate surface area is 319 Å². The Bertz CT molecular complexity index is 2380. The summed E-state index contributed by atoms with van der Waals surface area (Å²) in [6, 6.07) is 16.0. The van der Waals surface area contributed by atoms with Gasteiger partial charge in [-0.2, -0.15) is 0 Å². The molecule has 1 saturated heterocycles. The highest BCUT2D eigenvalue weighted by Crippen LogP contribution is 2.63. The van der Waals surface area contributed by atoms with Gasteiger partial charge in [0.05, 0.1) is 12.9 Å². The van der Waals surface area contributed by atoms with Crippen molar-refractivity contribution in [3.05, 3.63) is 109 Å². The van der Waals surface area contributed by atoms with Crippen LogP contribution in [0.15, 0.2) is 91.5 Å². The minimum Gasteiger partial charge on any atom is -0.778 e. The first-order valence-corrected chi connectivity index (χ1v) is 20.7. The molecule has 0 spiro atoms. The van der Waals surface area contributed by atoms with Gasteiger partial charge in [-0.25, -0.2) is 37.6 Å². The Morgan fingerprint density at radius 2 is 1.37 bits per heavy atom. The van der Waals surface area contributed by atoms with Gasteiger partial charge in [0.15, 0.2) is 29.9 Å². The van der Waals surface area contributed by atoms with Gasteiger partial charge in [0.25, 0.3) is 15.6 Å². The average molecular weight is 853 g/mol. The molecule has 1 aliphatic heterocycles. The van der Waals surface area contributed by atoms with E-state index in [2.05, 4.69) is 34.2 Å². The van der Waals surface area contributed by atoms with Gasteiger partial charge in [0.2, 0.25) is 0 Å². The number of nitrogens with one attached hydrogen (secondary N) is 2. The number of benzene rings is 3. The van der Waals surface area contributed by atoms with Crippen LogP contribution in [0.4, 0.5) is 35.6 Å². The number of nitrogens with zero attached hydrogens (tertiary/aromatic N) is 4. The molecular weight excluding hydrogens is 825 g/mol. The molecule has 3 aromatic carbocycles. The van der Waals surface area contributed by atoms with E-state index in [1.54, 1.807) is 6.07 Å². The monoisotopic (exact) mass is 852 g/mol. The molecule has 7 atom stereocenters. The van der Waals surface area contributed by atoms with Crippen LogP contribution in [0.2, 0.25) is 0 Å². The zero-order valence-electron chi connectivity index (χ0n) is 28.6. The van der Waals surface area contributed by atoms with Crippen LogP contribution in [0.1, 0.15) is 11.8 Å². The molecule has 57 heavy (non-hydrogen) atoms. The van der Waals surface area contributed by atoms with Crippen molar-refractivity contribution in [2.45, 2.75) is 30.7 Å². The highest BCUT2D eigenvalue weighted by Gasteiger charge is 2.52. The number of rotatable bonds is 14. The van der Waals surface area contributed by atoms with Crippen molar-refractivity contribution in [2.24, 2.45) is 0 Å². The summed E-state index contributed by atoms with van der Waals surface area (Å²) in [5.74, 6) is -1.35. The predicted molar refractivity (Wildman–Crippen MR) is 185 cm³/mol. The zero-order chi connectivity index (χ0) is 41.0. The number of hydrogen-bond donors (Lipinski definition) is 3. The van der Waals surface area contributed by atoms with Gasteiger partial charge in [-0.3, -0.25) is 28.6 Å². The Morgan fingerprint density at radius 3 is 1.96 bits per heavy atom. The second kappa shape index (κ2) is 17.1. The van der Waals surface area contributed by atoms with Gasteiger partial charge in [-0.15, -0.1) is 0 Å². The normalized spacial score (nSPS) is 21.1. The Morgan fingerprint density at radius 1 is 0.789 bits per heavy atom. The fraction of sp³-hybridized carbons (Fsp3) is 0.194. The van der Waals surface area contributed by atoms with E-state index in [0.717, 1.165) is 41.5 Å². The van der Waals surface area contributed by atoms with Crippen LogP contribution in [-0.2, 0) is 47.2 Å². The molecule has 21 nitrogen and oxygen atoms in total. The maximum absolute atomic E-state index is 13.5. The molecule has 5 aromatic rings. The van der Waals surface area contributed by atoms with E-state index in [9.17, 15) is 46.7 Å². The number of amides is 2. The second-order valence-corrected chi connectivity index (χ2v) is 16.7. The zero-order valence-corrected chi connectivity index (χ0v) is 31.2. The lowest BCUT2D eigenvalue weighted by atomic mass is 10.1. The standard InChI is InChI=1S/C31H30F2N7O14P3/c32-19-6-10-21(11-7-19)38-30(41)51-25-23(14-49-56(45,46)54-57(47,48)53-55(43,44)15-18-4-2-1-3-5-18)50-29(40-17-37-24-27(34)35-16-36-28(24)40)26(25)52-31(42)39-22-12-8-20(33)9-13-22/h1-13,16-17,23,25-26,29H,14-15H2,(H,38,41)(H,39,42)(H,43,44)(H,45,46)(H,47,48)(H2,34,35,36)/p-3/t23-,25?,26+,29-/m1/s1. The van der Waals surface area contributed by atoms with E-state index in [4.69, 9.17) is 24.5 Å². The molecule has 4 N–H and O–H groups in total. The number of nitrogens with two attached hydrogens (primary N) is 1. The van der Waals surface area contributed by atoms with Crippen molar-refractivity contribution < 1.29 is 74.1 Å². The van der Waals surface area contributed by atoms with Crippen LogP contribution in [0.25, 0.3) is 11.2 Å². The van der Waals surface area contributed by atoms with Crippen LogP contribution in [0.5, 0.6) is 0 Å². The molecular formula is C31H27F2N7O14P3-3. The van der Waals surface area contributed by atoms with Crippen molar-refractivity contribution in [3.63, 3.8) is 0 Å². The number of aromatic nitrogens is 4. The van der Waals surface area contributed by atoms with E-state index >= 15 is 0 Å². The molecule has 0 saturated carbocycles. The Kier molecular flexibility index (Phi) is 12.5. The lowest BCUT2D eigenvalue weighted by molar-refractivity contribution is -0.246. The molecule has 0 bridgehead atoms. The van der Waals surface area contributed by atoms with Crippen molar-refractivity contribution in [1.82, 2.24) is 19.5 Å². The van der Waals surface area contributed by atoms with E-state index in [1.807, 2.05) is 0 Å². The van der Waals surface area contributed by atoms with Crippen molar-refractivity contribution in [1.29, 1.82) is 0 Å². The molecule has 1 fully saturated rings. The number of ether oxygens (including phenoxy) is 3. The van der Waals surface area contributed by atoms with Crippen molar-refractivity contribution in [2.75, 3.05) is 23.0 Å². The summed E-state index contributed by atoms with van der Waals surface area (Å²) < 4.78 is 95.9. The summed E-state index contributed by atoms with van der Waals surface area (Å²) in [5.41, 5.74) is 6.13. The summed E-state index contributed by atoms with van der Waals surface area (Å²) in [4.78, 5) is 76.2. The van der Waals surface area contributed by atoms with Gasteiger partial charge in [-0.05, 0) is 54.1 Å². The quantitative estimate of drug-likeness (QED) is 0.134. The molecule has 4 unspecified atom stereocenters. The van der Waals surface area contributed by atoms with Crippen LogP contribution >= 0.6 is 23.2 Å². The maximum Gasteiger partial charge on any atom is 0.412 e. The number of anilines is 3. The number of carbonyl (C=O) groups excluding carboxylic acids is 2. The van der Waals surface area contributed by atoms with E-state index in [-0.39, 0.29) is 33.9 Å². The number of nitrogen functional groups attached to an aromatic ring is 1. The number of halogens is 2. The lowest BCUT2D eigenvalue weighted by Crippen LogP contribution is -2.42. The predicted octanol–water partition coefficient (Wildman–Crippen LogP) is 3.56. The van der Waals surface area contributed by atoms with Crippen LogP contribution in [0.3, 0.4) is 0 Å². The lowest BCUT2D eigenvalue weighted by Gasteiger charge is -2.35. The molecule has 3 heterocycles. The smallest absolute Gasteiger partial charge is 0.412 e. The third-order valence-corrected chi connectivity index (χ3v) is 12.3. The summed E-state index contributed by atoms with van der Waals surface area (Å²) in [5, 5.41) is 4.64. The molecule has 1 aliphatic rings. The highest BCUT2D eigenvalue weighted by molar-refractivity contribution is 7.66. The number of carbonyl (C=O) groups is 2. The first kappa shape index (κ1) is 41.5. The van der Waals surface area contributed by atoms with E-state index in [1.165, 1.54) is 48.5 Å². The molecule has 2 amide bonds. The van der Waals surface area contributed by atoms with Gasteiger partial charge in [0.1, 0.15) is 37.2 Å². The van der Waals surface area contributed by atoms with Gasteiger partial charge < -0.3 is 43.7 Å². The fourth-order valence-electron chi connectivity index (χ4n) is 5.31. The number of phosphoric acid groups is 2. The summed E-state index contributed by atoms with van der Waals surface area (Å²) in [6.07, 6.45) is -8.29. The van der Waals surface area contributed by atoms with Crippen LogP contribution in [0, 0.1) is 11.6 Å². The van der Waals surface area contributed by atoms with Gasteiger partial charge in [0, 0.05) is 17.5 Å². The molecule has 302 valence electrons. The Balaban J connectivity index is 1.27. The number of phosphoric ester groups is 1. The topological polar surface area (TPSA) is 304 Å². The number of fused-ring (bicyclic) bond motifs is 1. The van der Waals surface area contributed by atoms with E-state index < -0.39 is 84.4 Å². The van der Waals surface area contributed by atoms with Crippen LogP contribution < -0.4 is 31.0 Å². The Hall–Kier alpha value is -5.18.